The molecule has 0 unspecified atom stereocenters. The monoisotopic (exact) mass is 297 g/mol. The Balaban J connectivity index is 0.00000169. The molecular formula is C10H14BrCl2N. The Morgan fingerprint density at radius 3 is 2.57 bits per heavy atom. The number of rotatable bonds is 3. The van der Waals surface area contributed by atoms with E-state index in [1.54, 1.807) is 0 Å². The van der Waals surface area contributed by atoms with E-state index in [1.807, 2.05) is 18.2 Å². The molecule has 0 spiro atoms. The third-order valence-corrected chi connectivity index (χ3v) is 2.91. The van der Waals surface area contributed by atoms with Crippen LogP contribution >= 0.6 is 39.9 Å². The lowest BCUT2D eigenvalue weighted by Gasteiger charge is -2.08. The van der Waals surface area contributed by atoms with Crippen LogP contribution in [0.1, 0.15) is 19.4 Å². The number of halogens is 3. The molecule has 0 aliphatic carbocycles. The molecule has 0 fully saturated rings. The molecule has 0 bridgehead atoms. The first-order chi connectivity index (χ1) is 6.09. The number of hydrogen-bond donors (Lipinski definition) is 1. The highest BCUT2D eigenvalue weighted by molar-refractivity contribution is 9.10. The van der Waals surface area contributed by atoms with Crippen molar-refractivity contribution in [1.29, 1.82) is 0 Å². The average molecular weight is 299 g/mol. The molecule has 0 aliphatic heterocycles. The normalized spacial score (nSPS) is 10.1. The maximum absolute atomic E-state index is 5.88. The van der Waals surface area contributed by atoms with Crippen molar-refractivity contribution in [2.24, 2.45) is 0 Å². The first-order valence-electron chi connectivity index (χ1n) is 4.27. The van der Waals surface area contributed by atoms with Gasteiger partial charge in [-0.15, -0.1) is 12.4 Å². The van der Waals surface area contributed by atoms with Gasteiger partial charge >= 0.3 is 0 Å². The predicted molar refractivity (Wildman–Crippen MR) is 68.4 cm³/mol. The summed E-state index contributed by atoms with van der Waals surface area (Å²) in [4.78, 5) is 0. The van der Waals surface area contributed by atoms with Crippen LogP contribution in [0.25, 0.3) is 0 Å². The Morgan fingerprint density at radius 1 is 1.43 bits per heavy atom. The van der Waals surface area contributed by atoms with Gasteiger partial charge < -0.3 is 5.32 Å². The molecule has 0 saturated heterocycles. The Hall–Kier alpha value is 0.240. The molecular weight excluding hydrogens is 285 g/mol. The summed E-state index contributed by atoms with van der Waals surface area (Å²) in [6.07, 6.45) is 0. The fraction of sp³-hybridized carbons (Fsp3) is 0.400. The van der Waals surface area contributed by atoms with Gasteiger partial charge in [0.2, 0.25) is 0 Å². The molecule has 14 heavy (non-hydrogen) atoms. The Labute approximate surface area is 105 Å². The molecule has 80 valence electrons. The third-order valence-electron chi connectivity index (χ3n) is 1.70. The molecule has 0 aliphatic rings. The fourth-order valence-corrected chi connectivity index (χ4v) is 1.52. The second-order valence-corrected chi connectivity index (χ2v) is 4.55. The zero-order chi connectivity index (χ0) is 9.84. The average Bonchev–Trinajstić information content (AvgIpc) is 2.07. The van der Waals surface area contributed by atoms with Crippen LogP contribution < -0.4 is 5.32 Å². The predicted octanol–water partition coefficient (Wildman–Crippen LogP) is 4.02. The zero-order valence-electron chi connectivity index (χ0n) is 8.18. The van der Waals surface area contributed by atoms with Gasteiger partial charge in [0.15, 0.2) is 0 Å². The van der Waals surface area contributed by atoms with E-state index < -0.39 is 0 Å². The highest BCUT2D eigenvalue weighted by atomic mass is 79.9. The van der Waals surface area contributed by atoms with Crippen molar-refractivity contribution in [3.63, 3.8) is 0 Å². The summed E-state index contributed by atoms with van der Waals surface area (Å²) in [7, 11) is 0. The first-order valence-corrected chi connectivity index (χ1v) is 5.44. The van der Waals surface area contributed by atoms with Gasteiger partial charge in [0, 0.05) is 17.1 Å². The number of hydrogen-bond acceptors (Lipinski definition) is 1. The number of nitrogens with one attached hydrogen (secondary N) is 1. The molecule has 0 heterocycles. The van der Waals surface area contributed by atoms with E-state index in [4.69, 9.17) is 11.6 Å². The van der Waals surface area contributed by atoms with Crippen molar-refractivity contribution in [2.45, 2.75) is 26.4 Å². The lowest BCUT2D eigenvalue weighted by Crippen LogP contribution is -2.21. The molecule has 1 aromatic carbocycles. The zero-order valence-corrected chi connectivity index (χ0v) is 11.3. The van der Waals surface area contributed by atoms with E-state index in [0.29, 0.717) is 6.04 Å². The molecule has 1 rings (SSSR count). The highest BCUT2D eigenvalue weighted by Gasteiger charge is 1.99. The van der Waals surface area contributed by atoms with Crippen molar-refractivity contribution in [3.05, 3.63) is 33.3 Å². The van der Waals surface area contributed by atoms with Crippen LogP contribution in [-0.2, 0) is 6.54 Å². The van der Waals surface area contributed by atoms with E-state index in [-0.39, 0.29) is 12.4 Å². The van der Waals surface area contributed by atoms with Gasteiger partial charge in [-0.3, -0.25) is 0 Å². The first kappa shape index (κ1) is 14.2. The molecule has 4 heteroatoms. The minimum atomic E-state index is 0. The molecule has 1 aromatic rings. The summed E-state index contributed by atoms with van der Waals surface area (Å²) < 4.78 is 0.956. The van der Waals surface area contributed by atoms with Crippen LogP contribution in [0.15, 0.2) is 22.7 Å². The topological polar surface area (TPSA) is 12.0 Å². The highest BCUT2D eigenvalue weighted by Crippen LogP contribution is 2.23. The van der Waals surface area contributed by atoms with Gasteiger partial charge in [0.05, 0.1) is 5.02 Å². The van der Waals surface area contributed by atoms with E-state index in [9.17, 15) is 0 Å². The van der Waals surface area contributed by atoms with Crippen molar-refractivity contribution < 1.29 is 0 Å². The van der Waals surface area contributed by atoms with Crippen LogP contribution in [-0.4, -0.2) is 6.04 Å². The maximum Gasteiger partial charge on any atom is 0.0548 e. The quantitative estimate of drug-likeness (QED) is 0.889. The summed E-state index contributed by atoms with van der Waals surface area (Å²) in [6.45, 7) is 5.14. The van der Waals surface area contributed by atoms with Gasteiger partial charge in [0.1, 0.15) is 0 Å². The van der Waals surface area contributed by atoms with E-state index in [2.05, 4.69) is 35.1 Å². The number of benzene rings is 1. The summed E-state index contributed by atoms with van der Waals surface area (Å²) in [5.41, 5.74) is 1.24. The molecule has 1 N–H and O–H groups in total. The fourth-order valence-electron chi connectivity index (χ4n) is 0.972. The Bertz CT molecular complexity index is 289. The van der Waals surface area contributed by atoms with Gasteiger partial charge in [-0.1, -0.05) is 31.5 Å². The van der Waals surface area contributed by atoms with Crippen LogP contribution in [0.4, 0.5) is 0 Å². The van der Waals surface area contributed by atoms with E-state index in [1.165, 1.54) is 5.56 Å². The Kier molecular flexibility index (Phi) is 6.79. The SMILES string of the molecule is CC(C)NCc1ccc(Cl)c(Br)c1.Cl. The summed E-state index contributed by atoms with van der Waals surface area (Å²) in [5, 5.41) is 4.10. The van der Waals surface area contributed by atoms with Crippen molar-refractivity contribution >= 4 is 39.9 Å². The molecule has 0 amide bonds. The minimum Gasteiger partial charge on any atom is -0.310 e. The van der Waals surface area contributed by atoms with Gasteiger partial charge in [-0.05, 0) is 33.6 Å². The Morgan fingerprint density at radius 2 is 2.07 bits per heavy atom. The summed E-state index contributed by atoms with van der Waals surface area (Å²) in [6, 6.07) is 6.48. The molecule has 0 atom stereocenters. The van der Waals surface area contributed by atoms with Crippen molar-refractivity contribution in [2.75, 3.05) is 0 Å². The molecule has 0 aromatic heterocycles. The van der Waals surface area contributed by atoms with E-state index >= 15 is 0 Å². The second kappa shape index (κ2) is 6.67. The maximum atomic E-state index is 5.88. The van der Waals surface area contributed by atoms with Gasteiger partial charge in [0.25, 0.3) is 0 Å². The van der Waals surface area contributed by atoms with E-state index in [0.717, 1.165) is 16.0 Å². The lowest BCUT2D eigenvalue weighted by atomic mass is 10.2. The third kappa shape index (κ3) is 4.65. The van der Waals surface area contributed by atoms with Crippen molar-refractivity contribution in [3.8, 4) is 0 Å². The largest absolute Gasteiger partial charge is 0.310 e. The van der Waals surface area contributed by atoms with Crippen LogP contribution in [0, 0.1) is 0 Å². The second-order valence-electron chi connectivity index (χ2n) is 3.28. The lowest BCUT2D eigenvalue weighted by molar-refractivity contribution is 0.589. The van der Waals surface area contributed by atoms with Crippen molar-refractivity contribution in [1.82, 2.24) is 5.32 Å². The van der Waals surface area contributed by atoms with Crippen LogP contribution in [0.3, 0.4) is 0 Å². The van der Waals surface area contributed by atoms with Crippen LogP contribution in [0.2, 0.25) is 5.02 Å². The van der Waals surface area contributed by atoms with Gasteiger partial charge in [-0.25, -0.2) is 0 Å². The summed E-state index contributed by atoms with van der Waals surface area (Å²) >= 11 is 9.27. The van der Waals surface area contributed by atoms with Gasteiger partial charge in [-0.2, -0.15) is 0 Å². The minimum absolute atomic E-state index is 0. The summed E-state index contributed by atoms with van der Waals surface area (Å²) in [5.74, 6) is 0. The smallest absolute Gasteiger partial charge is 0.0548 e. The molecule has 0 saturated carbocycles. The molecule has 0 radical (unpaired) electrons. The standard InChI is InChI=1S/C10H13BrClN.ClH/c1-7(2)13-6-8-3-4-10(12)9(11)5-8;/h3-5,7,13H,6H2,1-2H3;1H. The molecule has 1 nitrogen and oxygen atoms in total. The van der Waals surface area contributed by atoms with Crippen LogP contribution in [0.5, 0.6) is 0 Å².